The average Bonchev–Trinajstić information content (AvgIpc) is 3.19. The summed E-state index contributed by atoms with van der Waals surface area (Å²) in [5.41, 5.74) is 2.23. The first-order valence-corrected chi connectivity index (χ1v) is 10.1. The molecule has 0 saturated carbocycles. The summed E-state index contributed by atoms with van der Waals surface area (Å²) < 4.78 is 6.85. The van der Waals surface area contributed by atoms with E-state index in [0.717, 1.165) is 5.56 Å². The molecule has 0 fully saturated rings. The van der Waals surface area contributed by atoms with Gasteiger partial charge >= 0.3 is 12.0 Å². The third-order valence-corrected chi connectivity index (χ3v) is 4.46. The van der Waals surface area contributed by atoms with Crippen molar-refractivity contribution >= 4 is 28.9 Å². The molecule has 3 rings (SSSR count). The van der Waals surface area contributed by atoms with Gasteiger partial charge in [-0.15, -0.1) is 0 Å². The number of amides is 3. The largest absolute Gasteiger partial charge is 0.452 e. The minimum absolute atomic E-state index is 0.246. The van der Waals surface area contributed by atoms with Crippen LogP contribution in [0, 0.1) is 5.92 Å². The molecule has 0 aliphatic carbocycles. The van der Waals surface area contributed by atoms with E-state index in [1.165, 1.54) is 0 Å². The number of urea groups is 1. The molecule has 0 aliphatic rings. The molecule has 2 heterocycles. The van der Waals surface area contributed by atoms with Gasteiger partial charge in [-0.1, -0.05) is 44.2 Å². The number of benzene rings is 1. The van der Waals surface area contributed by atoms with Crippen LogP contribution in [0.5, 0.6) is 0 Å². The number of carbonyl (C=O) groups is 3. The fourth-order valence-corrected chi connectivity index (χ4v) is 2.92. The normalized spacial score (nSPS) is 10.8. The Morgan fingerprint density at radius 2 is 1.90 bits per heavy atom. The highest BCUT2D eigenvalue weighted by Gasteiger charge is 2.19. The van der Waals surface area contributed by atoms with E-state index < -0.39 is 24.5 Å². The molecule has 162 valence electrons. The fraction of sp³-hybridized carbons (Fsp3) is 0.318. The highest BCUT2D eigenvalue weighted by Crippen LogP contribution is 2.25. The number of esters is 1. The Morgan fingerprint density at radius 1 is 1.16 bits per heavy atom. The lowest BCUT2D eigenvalue weighted by Crippen LogP contribution is -2.42. The Hall–Kier alpha value is -3.75. The molecule has 9 nitrogen and oxygen atoms in total. The maximum Gasteiger partial charge on any atom is 0.339 e. The van der Waals surface area contributed by atoms with Gasteiger partial charge in [-0.25, -0.2) is 19.3 Å². The van der Waals surface area contributed by atoms with Gasteiger partial charge in [0, 0.05) is 18.7 Å². The number of nitrogens with zero attached hydrogens (tertiary/aromatic N) is 3. The first kappa shape index (κ1) is 21.9. The molecular weight excluding hydrogens is 398 g/mol. The molecule has 1 aromatic carbocycles. The number of fused-ring (bicyclic) bond motifs is 1. The molecule has 0 saturated heterocycles. The Labute approximate surface area is 179 Å². The number of aromatic nitrogens is 3. The number of hydrogen-bond donors (Lipinski definition) is 2. The molecule has 0 unspecified atom stereocenters. The summed E-state index contributed by atoms with van der Waals surface area (Å²) in [6, 6.07) is 10.4. The summed E-state index contributed by atoms with van der Waals surface area (Å²) in [7, 11) is 0. The second-order valence-corrected chi connectivity index (χ2v) is 7.35. The van der Waals surface area contributed by atoms with E-state index in [1.807, 2.05) is 51.1 Å². The highest BCUT2D eigenvalue weighted by molar-refractivity contribution is 6.04. The molecule has 0 spiro atoms. The van der Waals surface area contributed by atoms with Gasteiger partial charge < -0.3 is 10.1 Å². The average molecular weight is 423 g/mol. The van der Waals surface area contributed by atoms with E-state index in [-0.39, 0.29) is 11.5 Å². The number of nitrogens with one attached hydrogen (secondary N) is 2. The third kappa shape index (κ3) is 5.44. The molecule has 3 amide bonds. The van der Waals surface area contributed by atoms with Gasteiger partial charge in [0.15, 0.2) is 12.3 Å². The summed E-state index contributed by atoms with van der Waals surface area (Å²) in [6.45, 7) is 6.22. The van der Waals surface area contributed by atoms with Crippen molar-refractivity contribution < 1.29 is 19.1 Å². The van der Waals surface area contributed by atoms with E-state index in [9.17, 15) is 14.4 Å². The fourth-order valence-electron chi connectivity index (χ4n) is 2.92. The van der Waals surface area contributed by atoms with Gasteiger partial charge in [0.05, 0.1) is 22.8 Å². The Balaban J connectivity index is 1.78. The van der Waals surface area contributed by atoms with Crippen LogP contribution in [0.4, 0.5) is 4.79 Å². The Bertz CT molecular complexity index is 1090. The van der Waals surface area contributed by atoms with Gasteiger partial charge in [0.25, 0.3) is 5.91 Å². The van der Waals surface area contributed by atoms with E-state index in [1.54, 1.807) is 16.9 Å². The lowest BCUT2D eigenvalue weighted by atomic mass is 10.1. The van der Waals surface area contributed by atoms with Gasteiger partial charge in [-0.05, 0) is 18.9 Å². The van der Waals surface area contributed by atoms with Crippen molar-refractivity contribution in [2.24, 2.45) is 5.92 Å². The topological polar surface area (TPSA) is 115 Å². The zero-order valence-electron chi connectivity index (χ0n) is 17.7. The summed E-state index contributed by atoms with van der Waals surface area (Å²) in [6.07, 6.45) is 1.55. The number of aryl methyl sites for hydroxylation is 1. The van der Waals surface area contributed by atoms with Gasteiger partial charge in [-0.3, -0.25) is 10.1 Å². The van der Waals surface area contributed by atoms with E-state index in [0.29, 0.717) is 29.8 Å². The van der Waals surface area contributed by atoms with Crippen molar-refractivity contribution in [1.82, 2.24) is 25.4 Å². The number of imide groups is 1. The Morgan fingerprint density at radius 3 is 2.58 bits per heavy atom. The molecule has 31 heavy (non-hydrogen) atoms. The van der Waals surface area contributed by atoms with Crippen LogP contribution >= 0.6 is 0 Å². The number of rotatable bonds is 7. The van der Waals surface area contributed by atoms with E-state index >= 15 is 0 Å². The molecule has 2 N–H and O–H groups in total. The molecular formula is C22H25N5O4. The minimum Gasteiger partial charge on any atom is -0.452 e. The maximum atomic E-state index is 12.8. The smallest absolute Gasteiger partial charge is 0.339 e. The van der Waals surface area contributed by atoms with Crippen molar-refractivity contribution in [2.45, 2.75) is 27.3 Å². The molecule has 0 atom stereocenters. The summed E-state index contributed by atoms with van der Waals surface area (Å²) in [5, 5.41) is 9.50. The lowest BCUT2D eigenvalue weighted by molar-refractivity contribution is -0.123. The van der Waals surface area contributed by atoms with Crippen molar-refractivity contribution in [2.75, 3.05) is 13.2 Å². The molecule has 3 aromatic rings. The quantitative estimate of drug-likeness (QED) is 0.565. The van der Waals surface area contributed by atoms with Crippen LogP contribution in [0.3, 0.4) is 0 Å². The van der Waals surface area contributed by atoms with Crippen LogP contribution in [-0.2, 0) is 16.1 Å². The third-order valence-electron chi connectivity index (χ3n) is 4.46. The maximum absolute atomic E-state index is 12.8. The second-order valence-electron chi connectivity index (χ2n) is 7.35. The predicted octanol–water partition coefficient (Wildman–Crippen LogP) is 2.76. The minimum atomic E-state index is -0.715. The number of carbonyl (C=O) groups excluding carboxylic acids is 3. The van der Waals surface area contributed by atoms with Crippen LogP contribution < -0.4 is 10.6 Å². The molecule has 2 aromatic heterocycles. The first-order chi connectivity index (χ1) is 14.9. The van der Waals surface area contributed by atoms with Crippen molar-refractivity contribution in [3.8, 4) is 11.3 Å². The summed E-state index contributed by atoms with van der Waals surface area (Å²) >= 11 is 0. The summed E-state index contributed by atoms with van der Waals surface area (Å²) in [4.78, 5) is 41.1. The second kappa shape index (κ2) is 9.84. The van der Waals surface area contributed by atoms with Crippen molar-refractivity contribution in [3.05, 3.63) is 48.2 Å². The molecule has 9 heteroatoms. The predicted molar refractivity (Wildman–Crippen MR) is 115 cm³/mol. The van der Waals surface area contributed by atoms with E-state index in [2.05, 4.69) is 20.7 Å². The SMILES string of the molecule is CCn1ncc2c(C(=O)OCC(=O)NC(=O)NCC(C)C)cc(-c3ccccc3)nc21. The number of pyridine rings is 1. The zero-order chi connectivity index (χ0) is 22.4. The van der Waals surface area contributed by atoms with Gasteiger partial charge in [0.2, 0.25) is 0 Å². The highest BCUT2D eigenvalue weighted by atomic mass is 16.5. The number of ether oxygens (including phenoxy) is 1. The monoisotopic (exact) mass is 423 g/mol. The first-order valence-electron chi connectivity index (χ1n) is 10.1. The van der Waals surface area contributed by atoms with Crippen LogP contribution in [0.25, 0.3) is 22.3 Å². The standard InChI is InChI=1S/C22H25N5O4/c1-4-27-20-17(12-24-27)16(10-18(25-20)15-8-6-5-7-9-15)21(29)31-13-19(28)26-22(30)23-11-14(2)3/h5-10,12,14H,4,11,13H2,1-3H3,(H2,23,26,28,30). The lowest BCUT2D eigenvalue weighted by Gasteiger charge is -2.10. The van der Waals surface area contributed by atoms with Crippen LogP contribution in [-0.4, -0.2) is 45.8 Å². The number of hydrogen-bond acceptors (Lipinski definition) is 6. The van der Waals surface area contributed by atoms with Crippen LogP contribution in [0.1, 0.15) is 31.1 Å². The summed E-state index contributed by atoms with van der Waals surface area (Å²) in [5.74, 6) is -1.17. The van der Waals surface area contributed by atoms with Crippen molar-refractivity contribution in [3.63, 3.8) is 0 Å². The van der Waals surface area contributed by atoms with Gasteiger partial charge in [0.1, 0.15) is 0 Å². The van der Waals surface area contributed by atoms with Crippen LogP contribution in [0.2, 0.25) is 0 Å². The van der Waals surface area contributed by atoms with Crippen molar-refractivity contribution in [1.29, 1.82) is 0 Å². The Kier molecular flexibility index (Phi) is 6.96. The molecule has 0 bridgehead atoms. The van der Waals surface area contributed by atoms with E-state index in [4.69, 9.17) is 4.74 Å². The zero-order valence-corrected chi connectivity index (χ0v) is 17.7. The van der Waals surface area contributed by atoms with Crippen LogP contribution in [0.15, 0.2) is 42.6 Å². The molecule has 0 aliphatic heterocycles. The van der Waals surface area contributed by atoms with Gasteiger partial charge in [-0.2, -0.15) is 5.10 Å². The molecule has 0 radical (unpaired) electrons.